The van der Waals surface area contributed by atoms with Gasteiger partial charge in [-0.1, -0.05) is 0 Å². The summed E-state index contributed by atoms with van der Waals surface area (Å²) in [4.78, 5) is 30.3. The van der Waals surface area contributed by atoms with Crippen LogP contribution in [0.1, 0.15) is 10.5 Å². The van der Waals surface area contributed by atoms with E-state index in [1.807, 2.05) is 0 Å². The van der Waals surface area contributed by atoms with Gasteiger partial charge in [-0.15, -0.1) is 0 Å². The van der Waals surface area contributed by atoms with Gasteiger partial charge in [-0.25, -0.2) is 9.97 Å². The van der Waals surface area contributed by atoms with Crippen LogP contribution in [0.5, 0.6) is 0 Å². The molecule has 2 aromatic heterocycles. The van der Waals surface area contributed by atoms with Crippen molar-refractivity contribution in [2.24, 2.45) is 12.8 Å². The third-order valence-electron chi connectivity index (χ3n) is 2.42. The van der Waals surface area contributed by atoms with Crippen LogP contribution in [0.15, 0.2) is 29.3 Å². The molecule has 2 aromatic rings. The highest BCUT2D eigenvalue weighted by molar-refractivity contribution is 5.95. The SMILES string of the molecule is Cn1cc(-c2cnc(N)c(C(N)=O)n2)ccc1=O. The van der Waals surface area contributed by atoms with Crippen LogP contribution in [0.4, 0.5) is 5.82 Å². The van der Waals surface area contributed by atoms with Crippen LogP contribution >= 0.6 is 0 Å². The Hall–Kier alpha value is -2.70. The summed E-state index contributed by atoms with van der Waals surface area (Å²) in [6, 6.07) is 2.99. The number of carbonyl (C=O) groups excluding carboxylic acids is 1. The van der Waals surface area contributed by atoms with Crippen molar-refractivity contribution >= 4 is 11.7 Å². The molecule has 0 atom stereocenters. The molecule has 0 aromatic carbocycles. The minimum Gasteiger partial charge on any atom is -0.382 e. The molecular weight excluding hydrogens is 234 g/mol. The van der Waals surface area contributed by atoms with E-state index in [0.29, 0.717) is 11.3 Å². The first-order valence-electron chi connectivity index (χ1n) is 5.08. The average molecular weight is 245 g/mol. The fourth-order valence-corrected chi connectivity index (χ4v) is 1.46. The van der Waals surface area contributed by atoms with Gasteiger partial charge in [-0.05, 0) is 6.07 Å². The molecule has 0 fully saturated rings. The van der Waals surface area contributed by atoms with Crippen molar-refractivity contribution in [3.8, 4) is 11.3 Å². The molecule has 0 saturated carbocycles. The van der Waals surface area contributed by atoms with Crippen LogP contribution < -0.4 is 17.0 Å². The van der Waals surface area contributed by atoms with Gasteiger partial charge < -0.3 is 16.0 Å². The standard InChI is InChI=1S/C11H11N5O2/c1-16-5-6(2-3-8(16)17)7-4-14-10(12)9(15-7)11(13)18/h2-5H,1H3,(H2,12,14)(H2,13,18). The Balaban J connectivity index is 2.57. The van der Waals surface area contributed by atoms with Crippen molar-refractivity contribution < 1.29 is 4.79 Å². The van der Waals surface area contributed by atoms with Crippen LogP contribution in [0, 0.1) is 0 Å². The Morgan fingerprint density at radius 3 is 2.72 bits per heavy atom. The largest absolute Gasteiger partial charge is 0.382 e. The number of carbonyl (C=O) groups is 1. The Bertz CT molecular complexity index is 677. The van der Waals surface area contributed by atoms with Crippen molar-refractivity contribution in [1.82, 2.24) is 14.5 Å². The number of nitrogens with zero attached hydrogens (tertiary/aromatic N) is 3. The summed E-state index contributed by atoms with van der Waals surface area (Å²) in [6.07, 6.45) is 3.01. The van der Waals surface area contributed by atoms with E-state index in [2.05, 4.69) is 9.97 Å². The molecule has 2 heterocycles. The van der Waals surface area contributed by atoms with Crippen molar-refractivity contribution in [3.63, 3.8) is 0 Å². The molecule has 0 radical (unpaired) electrons. The third kappa shape index (κ3) is 2.05. The molecule has 0 aliphatic carbocycles. The van der Waals surface area contributed by atoms with Crippen LogP contribution in [0.3, 0.4) is 0 Å². The number of pyridine rings is 1. The van der Waals surface area contributed by atoms with Crippen LogP contribution in [0.25, 0.3) is 11.3 Å². The number of primary amides is 1. The first-order valence-corrected chi connectivity index (χ1v) is 5.08. The fourth-order valence-electron chi connectivity index (χ4n) is 1.46. The van der Waals surface area contributed by atoms with Gasteiger partial charge >= 0.3 is 0 Å². The number of aryl methyl sites for hydroxylation is 1. The van der Waals surface area contributed by atoms with Crippen LogP contribution in [-0.4, -0.2) is 20.4 Å². The summed E-state index contributed by atoms with van der Waals surface area (Å²) in [7, 11) is 1.62. The Kier molecular flexibility index (Phi) is 2.80. The number of hydrogen-bond acceptors (Lipinski definition) is 5. The van der Waals surface area contributed by atoms with Gasteiger partial charge in [0.15, 0.2) is 11.5 Å². The summed E-state index contributed by atoms with van der Waals surface area (Å²) in [5.41, 5.74) is 11.5. The third-order valence-corrected chi connectivity index (χ3v) is 2.42. The molecule has 7 heteroatoms. The molecule has 18 heavy (non-hydrogen) atoms. The second-order valence-corrected chi connectivity index (χ2v) is 3.72. The lowest BCUT2D eigenvalue weighted by atomic mass is 10.2. The van der Waals surface area contributed by atoms with E-state index in [-0.39, 0.29) is 17.1 Å². The van der Waals surface area contributed by atoms with Crippen molar-refractivity contribution in [3.05, 3.63) is 40.6 Å². The molecular formula is C11H11N5O2. The maximum Gasteiger partial charge on any atom is 0.271 e. The Morgan fingerprint density at radius 1 is 1.39 bits per heavy atom. The minimum absolute atomic E-state index is 0.0175. The highest BCUT2D eigenvalue weighted by Crippen LogP contribution is 2.16. The number of nitrogen functional groups attached to an aromatic ring is 1. The van der Waals surface area contributed by atoms with Gasteiger partial charge in [0.25, 0.3) is 5.91 Å². The highest BCUT2D eigenvalue weighted by Gasteiger charge is 2.11. The van der Waals surface area contributed by atoms with E-state index in [1.165, 1.54) is 16.8 Å². The Morgan fingerprint density at radius 2 is 2.11 bits per heavy atom. The number of anilines is 1. The number of amides is 1. The van der Waals surface area contributed by atoms with Gasteiger partial charge in [0.2, 0.25) is 5.56 Å². The molecule has 0 unspecified atom stereocenters. The number of aromatic nitrogens is 3. The molecule has 92 valence electrons. The summed E-state index contributed by atoms with van der Waals surface area (Å²) in [5.74, 6) is -0.761. The molecule has 0 spiro atoms. The summed E-state index contributed by atoms with van der Waals surface area (Å²) in [5, 5.41) is 0. The summed E-state index contributed by atoms with van der Waals surface area (Å²) in [6.45, 7) is 0. The van der Waals surface area contributed by atoms with E-state index in [0.717, 1.165) is 0 Å². The second kappa shape index (κ2) is 4.28. The van der Waals surface area contributed by atoms with E-state index in [4.69, 9.17) is 11.5 Å². The predicted octanol–water partition coefficient (Wildman–Crippen LogP) is -0.477. The van der Waals surface area contributed by atoms with Gasteiger partial charge in [0.05, 0.1) is 11.9 Å². The maximum atomic E-state index is 11.3. The van der Waals surface area contributed by atoms with Gasteiger partial charge in [0.1, 0.15) is 0 Å². The second-order valence-electron chi connectivity index (χ2n) is 3.72. The molecule has 0 saturated heterocycles. The monoisotopic (exact) mass is 245 g/mol. The van der Waals surface area contributed by atoms with Crippen molar-refractivity contribution in [1.29, 1.82) is 0 Å². The molecule has 0 aliphatic rings. The minimum atomic E-state index is -0.744. The normalized spacial score (nSPS) is 10.3. The van der Waals surface area contributed by atoms with E-state index in [9.17, 15) is 9.59 Å². The van der Waals surface area contributed by atoms with Crippen LogP contribution in [-0.2, 0) is 7.05 Å². The van der Waals surface area contributed by atoms with E-state index >= 15 is 0 Å². The quantitative estimate of drug-likeness (QED) is 0.741. The zero-order valence-corrected chi connectivity index (χ0v) is 9.62. The summed E-state index contributed by atoms with van der Waals surface area (Å²) < 4.78 is 1.40. The van der Waals surface area contributed by atoms with E-state index in [1.54, 1.807) is 19.3 Å². The lowest BCUT2D eigenvalue weighted by molar-refractivity contribution is 0.0996. The smallest absolute Gasteiger partial charge is 0.271 e. The van der Waals surface area contributed by atoms with Crippen LogP contribution in [0.2, 0.25) is 0 Å². The molecule has 0 bridgehead atoms. The maximum absolute atomic E-state index is 11.3. The number of rotatable bonds is 2. The molecule has 1 amide bonds. The van der Waals surface area contributed by atoms with Crippen molar-refractivity contribution in [2.45, 2.75) is 0 Å². The average Bonchev–Trinajstić information content (AvgIpc) is 2.33. The lowest BCUT2D eigenvalue weighted by Gasteiger charge is -2.05. The number of hydrogen-bond donors (Lipinski definition) is 2. The first-order chi connectivity index (χ1) is 8.49. The summed E-state index contributed by atoms with van der Waals surface area (Å²) >= 11 is 0. The van der Waals surface area contributed by atoms with Gasteiger partial charge in [-0.3, -0.25) is 9.59 Å². The first kappa shape index (κ1) is 11.8. The lowest BCUT2D eigenvalue weighted by Crippen LogP contribution is -2.17. The highest BCUT2D eigenvalue weighted by atomic mass is 16.1. The molecule has 4 N–H and O–H groups in total. The predicted molar refractivity (Wildman–Crippen MR) is 65.6 cm³/mol. The fraction of sp³-hybridized carbons (Fsp3) is 0.0909. The zero-order valence-electron chi connectivity index (χ0n) is 9.62. The molecule has 7 nitrogen and oxygen atoms in total. The molecule has 2 rings (SSSR count). The molecule has 0 aliphatic heterocycles. The van der Waals surface area contributed by atoms with E-state index < -0.39 is 5.91 Å². The van der Waals surface area contributed by atoms with Gasteiger partial charge in [0, 0.05) is 24.9 Å². The topological polar surface area (TPSA) is 117 Å². The zero-order chi connectivity index (χ0) is 13.3. The Labute approximate surface area is 102 Å². The number of nitrogens with two attached hydrogens (primary N) is 2. The van der Waals surface area contributed by atoms with Crippen molar-refractivity contribution in [2.75, 3.05) is 5.73 Å². The van der Waals surface area contributed by atoms with Gasteiger partial charge in [-0.2, -0.15) is 0 Å².